The first-order chi connectivity index (χ1) is 18.4. The quantitative estimate of drug-likeness (QED) is 0.108. The summed E-state index contributed by atoms with van der Waals surface area (Å²) >= 11 is 0. The van der Waals surface area contributed by atoms with Crippen LogP contribution in [0.1, 0.15) is 31.2 Å². The minimum absolute atomic E-state index is 0.103. The van der Waals surface area contributed by atoms with Gasteiger partial charge in [-0.2, -0.15) is 0 Å². The van der Waals surface area contributed by atoms with Crippen LogP contribution in [-0.2, 0) is 35.2 Å². The van der Waals surface area contributed by atoms with E-state index in [9.17, 15) is 39.0 Å². The number of carboxylic acid groups (broad SMARTS) is 2. The minimum atomic E-state index is -1.64. The molecule has 2 aromatic rings. The molecule has 15 heteroatoms. The summed E-state index contributed by atoms with van der Waals surface area (Å²) in [6, 6.07) is 1.48. The number of H-pyrrole nitrogens is 1. The summed E-state index contributed by atoms with van der Waals surface area (Å²) in [5.41, 5.74) is 12.3. The van der Waals surface area contributed by atoms with E-state index in [0.29, 0.717) is 5.56 Å². The molecule has 0 aliphatic rings. The fourth-order valence-corrected chi connectivity index (χ4v) is 3.70. The van der Waals surface area contributed by atoms with Crippen LogP contribution >= 0.6 is 0 Å². The standard InChI is InChI=1S/C24H32N6O9/c25-14(5-8-20(33)34)21(35)28-16(6-7-19(26)32)22(36)29-17(23(37)30-18(11-31)24(38)39)9-12-10-27-15-4-2-1-3-13(12)15/h1-4,10,14,16-18,27,31H,5-9,11,25H2,(H2,26,32)(H,28,35)(H,29,36)(H,30,37)(H,33,34)(H,38,39). The highest BCUT2D eigenvalue weighted by molar-refractivity contribution is 5.95. The van der Waals surface area contributed by atoms with Gasteiger partial charge in [-0.15, -0.1) is 0 Å². The molecule has 0 bridgehead atoms. The maximum absolute atomic E-state index is 13.2. The summed E-state index contributed by atoms with van der Waals surface area (Å²) in [4.78, 5) is 75.2. The Bertz CT molecular complexity index is 1210. The number of nitrogens with two attached hydrogens (primary N) is 2. The van der Waals surface area contributed by atoms with Crippen LogP contribution in [0.3, 0.4) is 0 Å². The van der Waals surface area contributed by atoms with Crippen molar-refractivity contribution in [1.82, 2.24) is 20.9 Å². The van der Waals surface area contributed by atoms with Crippen molar-refractivity contribution in [3.63, 3.8) is 0 Å². The summed E-state index contributed by atoms with van der Waals surface area (Å²) in [5, 5.41) is 35.0. The van der Waals surface area contributed by atoms with Gasteiger partial charge in [0.15, 0.2) is 0 Å². The van der Waals surface area contributed by atoms with Gasteiger partial charge in [0.25, 0.3) is 0 Å². The molecule has 0 fully saturated rings. The summed E-state index contributed by atoms with van der Waals surface area (Å²) in [7, 11) is 0. The number of rotatable bonds is 16. The third kappa shape index (κ3) is 9.39. The van der Waals surface area contributed by atoms with E-state index in [0.717, 1.165) is 10.9 Å². The summed E-state index contributed by atoms with van der Waals surface area (Å²) in [6.07, 6.45) is 0.339. The Morgan fingerprint density at radius 2 is 1.46 bits per heavy atom. The molecular weight excluding hydrogens is 516 g/mol. The predicted molar refractivity (Wildman–Crippen MR) is 136 cm³/mol. The van der Waals surface area contributed by atoms with Crippen molar-refractivity contribution in [3.8, 4) is 0 Å². The van der Waals surface area contributed by atoms with Crippen LogP contribution < -0.4 is 27.4 Å². The number of para-hydroxylation sites is 1. The fourth-order valence-electron chi connectivity index (χ4n) is 3.70. The zero-order chi connectivity index (χ0) is 29.1. The highest BCUT2D eigenvalue weighted by Gasteiger charge is 2.31. The Morgan fingerprint density at radius 1 is 0.846 bits per heavy atom. The second-order valence-electron chi connectivity index (χ2n) is 8.81. The van der Waals surface area contributed by atoms with Gasteiger partial charge in [-0.25, -0.2) is 4.79 Å². The largest absolute Gasteiger partial charge is 0.481 e. The number of hydrogen-bond acceptors (Lipinski definition) is 8. The van der Waals surface area contributed by atoms with E-state index in [-0.39, 0.29) is 25.7 Å². The summed E-state index contributed by atoms with van der Waals surface area (Å²) in [6.45, 7) is -0.902. The number of carboxylic acids is 2. The van der Waals surface area contributed by atoms with Gasteiger partial charge in [0.2, 0.25) is 23.6 Å². The van der Waals surface area contributed by atoms with E-state index in [1.165, 1.54) is 0 Å². The summed E-state index contributed by atoms with van der Waals surface area (Å²) < 4.78 is 0. The lowest BCUT2D eigenvalue weighted by Crippen LogP contribution is -2.58. The molecule has 2 rings (SSSR count). The predicted octanol–water partition coefficient (Wildman–Crippen LogP) is -2.30. The third-order valence-electron chi connectivity index (χ3n) is 5.85. The molecule has 39 heavy (non-hydrogen) atoms. The van der Waals surface area contributed by atoms with Crippen LogP contribution in [0.5, 0.6) is 0 Å². The molecular formula is C24H32N6O9. The van der Waals surface area contributed by atoms with Crippen LogP contribution in [0, 0.1) is 0 Å². The number of amides is 4. The lowest BCUT2D eigenvalue weighted by molar-refractivity contribution is -0.143. The molecule has 4 amide bonds. The van der Waals surface area contributed by atoms with E-state index in [4.69, 9.17) is 16.6 Å². The van der Waals surface area contributed by atoms with Gasteiger partial charge in [0.05, 0.1) is 12.6 Å². The number of carbonyl (C=O) groups excluding carboxylic acids is 4. The molecule has 1 aromatic carbocycles. The second kappa shape index (κ2) is 14.4. The molecule has 0 spiro atoms. The Kier molecular flexibility index (Phi) is 11.4. The topological polar surface area (TPSA) is 267 Å². The van der Waals surface area contributed by atoms with Crippen molar-refractivity contribution in [2.45, 2.75) is 56.3 Å². The number of aliphatic hydroxyl groups excluding tert-OH is 1. The molecule has 15 nitrogen and oxygen atoms in total. The average molecular weight is 549 g/mol. The van der Waals surface area contributed by atoms with Crippen molar-refractivity contribution >= 4 is 46.5 Å². The number of aromatic amines is 1. The highest BCUT2D eigenvalue weighted by Crippen LogP contribution is 2.19. The molecule has 4 atom stereocenters. The Morgan fingerprint density at radius 3 is 2.08 bits per heavy atom. The van der Waals surface area contributed by atoms with Crippen molar-refractivity contribution in [2.24, 2.45) is 11.5 Å². The number of benzene rings is 1. The van der Waals surface area contributed by atoms with E-state index >= 15 is 0 Å². The van der Waals surface area contributed by atoms with E-state index in [1.54, 1.807) is 30.5 Å². The SMILES string of the molecule is NC(=O)CCC(NC(=O)C(N)CCC(=O)O)C(=O)NC(Cc1c[nH]c2ccccc12)C(=O)NC(CO)C(=O)O. The van der Waals surface area contributed by atoms with Crippen LogP contribution in [0.2, 0.25) is 0 Å². The van der Waals surface area contributed by atoms with E-state index in [2.05, 4.69) is 20.9 Å². The van der Waals surface area contributed by atoms with Gasteiger partial charge in [-0.3, -0.25) is 24.0 Å². The van der Waals surface area contributed by atoms with Gasteiger partial charge in [-0.05, 0) is 24.5 Å². The maximum Gasteiger partial charge on any atom is 0.328 e. The molecule has 4 unspecified atom stereocenters. The first-order valence-electron chi connectivity index (χ1n) is 12.0. The maximum atomic E-state index is 13.2. The van der Waals surface area contributed by atoms with Gasteiger partial charge in [0, 0.05) is 36.4 Å². The third-order valence-corrected chi connectivity index (χ3v) is 5.85. The number of aliphatic hydroxyl groups is 1. The van der Waals surface area contributed by atoms with Crippen LogP contribution in [0.25, 0.3) is 10.9 Å². The first kappa shape index (κ1) is 30.7. The molecule has 212 valence electrons. The smallest absolute Gasteiger partial charge is 0.328 e. The van der Waals surface area contributed by atoms with Gasteiger partial charge < -0.3 is 47.7 Å². The van der Waals surface area contributed by atoms with Crippen LogP contribution in [0.15, 0.2) is 30.5 Å². The van der Waals surface area contributed by atoms with Crippen molar-refractivity contribution in [1.29, 1.82) is 0 Å². The molecule has 11 N–H and O–H groups in total. The fraction of sp³-hybridized carbons (Fsp3) is 0.417. The zero-order valence-corrected chi connectivity index (χ0v) is 20.9. The lowest BCUT2D eigenvalue weighted by Gasteiger charge is -2.25. The van der Waals surface area contributed by atoms with Gasteiger partial charge in [0.1, 0.15) is 18.1 Å². The summed E-state index contributed by atoms with van der Waals surface area (Å²) in [5.74, 6) is -6.11. The second-order valence-corrected chi connectivity index (χ2v) is 8.81. The van der Waals surface area contributed by atoms with E-state index < -0.39 is 72.8 Å². The number of nitrogens with one attached hydrogen (secondary N) is 4. The number of primary amides is 1. The first-order valence-corrected chi connectivity index (χ1v) is 12.0. The number of hydrogen-bond donors (Lipinski definition) is 9. The van der Waals surface area contributed by atoms with Crippen molar-refractivity contribution in [2.75, 3.05) is 6.61 Å². The van der Waals surface area contributed by atoms with Crippen LogP contribution in [-0.4, -0.2) is 86.6 Å². The lowest BCUT2D eigenvalue weighted by atomic mass is 10.0. The molecule has 1 heterocycles. The van der Waals surface area contributed by atoms with E-state index in [1.807, 2.05) is 0 Å². The zero-order valence-electron chi connectivity index (χ0n) is 20.9. The van der Waals surface area contributed by atoms with Gasteiger partial charge >= 0.3 is 11.9 Å². The van der Waals surface area contributed by atoms with Crippen molar-refractivity contribution < 1.29 is 44.1 Å². The van der Waals surface area contributed by atoms with Crippen molar-refractivity contribution in [3.05, 3.63) is 36.0 Å². The molecule has 0 radical (unpaired) electrons. The number of aromatic nitrogens is 1. The van der Waals surface area contributed by atoms with Gasteiger partial charge in [-0.1, -0.05) is 18.2 Å². The minimum Gasteiger partial charge on any atom is -0.481 e. The normalized spacial score (nSPS) is 14.0. The average Bonchev–Trinajstić information content (AvgIpc) is 3.29. The Labute approximate surface area is 222 Å². The molecule has 1 aromatic heterocycles. The number of aliphatic carboxylic acids is 2. The highest BCUT2D eigenvalue weighted by atomic mass is 16.4. The molecule has 0 aliphatic carbocycles. The molecule has 0 saturated carbocycles. The molecule has 0 saturated heterocycles. The van der Waals surface area contributed by atoms with Crippen LogP contribution in [0.4, 0.5) is 0 Å². The molecule has 0 aliphatic heterocycles. The Hall–Kier alpha value is -4.50. The number of carbonyl (C=O) groups is 6. The number of fused-ring (bicyclic) bond motifs is 1. The monoisotopic (exact) mass is 548 g/mol. The Balaban J connectivity index is 2.29.